The number of anilines is 1. The number of hydrogen-bond donors (Lipinski definition) is 2. The lowest BCUT2D eigenvalue weighted by molar-refractivity contribution is -0.118. The molecule has 0 bridgehead atoms. The summed E-state index contributed by atoms with van der Waals surface area (Å²) in [7, 11) is 0. The van der Waals surface area contributed by atoms with Gasteiger partial charge in [0.1, 0.15) is 0 Å². The first-order valence-corrected chi connectivity index (χ1v) is 5.25. The number of benzene rings is 1. The molecular weight excluding hydrogens is 200 g/mol. The molecule has 1 aromatic rings. The molecule has 0 fully saturated rings. The minimum Gasteiger partial charge on any atom is -0.399 e. The van der Waals surface area contributed by atoms with Crippen molar-refractivity contribution in [1.29, 1.82) is 0 Å². The molecule has 84 valence electrons. The summed E-state index contributed by atoms with van der Waals surface area (Å²) in [6, 6.07) is 5.73. The molecule has 0 atom stereocenters. The van der Waals surface area contributed by atoms with Crippen molar-refractivity contribution >= 4 is 11.6 Å². The number of aryl methyl sites for hydroxylation is 1. The third-order valence-electron chi connectivity index (χ3n) is 2.18. The molecule has 0 radical (unpaired) electrons. The molecule has 0 aliphatic heterocycles. The first-order valence-electron chi connectivity index (χ1n) is 5.25. The Morgan fingerprint density at radius 3 is 2.88 bits per heavy atom. The zero-order valence-electron chi connectivity index (χ0n) is 9.63. The van der Waals surface area contributed by atoms with Crippen LogP contribution < -0.4 is 11.1 Å². The molecule has 0 aromatic heterocycles. The van der Waals surface area contributed by atoms with E-state index in [0.29, 0.717) is 6.54 Å². The lowest BCUT2D eigenvalue weighted by Gasteiger charge is -2.02. The Balaban J connectivity index is 2.70. The second kappa shape index (κ2) is 5.82. The maximum absolute atomic E-state index is 10.6. The highest BCUT2D eigenvalue weighted by Crippen LogP contribution is 2.13. The van der Waals surface area contributed by atoms with Crippen LogP contribution in [0.1, 0.15) is 25.0 Å². The maximum atomic E-state index is 10.6. The van der Waals surface area contributed by atoms with Crippen molar-refractivity contribution in [3.63, 3.8) is 0 Å². The second-order valence-electron chi connectivity index (χ2n) is 3.48. The summed E-state index contributed by atoms with van der Waals surface area (Å²) in [5, 5.41) is 2.62. The molecule has 0 saturated heterocycles. The van der Waals surface area contributed by atoms with E-state index in [0.717, 1.165) is 23.2 Å². The zero-order valence-corrected chi connectivity index (χ0v) is 9.63. The van der Waals surface area contributed by atoms with Gasteiger partial charge in [0.25, 0.3) is 0 Å². The Hall–Kier alpha value is -1.95. The van der Waals surface area contributed by atoms with Gasteiger partial charge in [0.2, 0.25) is 5.91 Å². The van der Waals surface area contributed by atoms with Crippen molar-refractivity contribution in [2.24, 2.45) is 0 Å². The Labute approximate surface area is 96.0 Å². The second-order valence-corrected chi connectivity index (χ2v) is 3.48. The number of nitrogens with two attached hydrogens (primary N) is 1. The van der Waals surface area contributed by atoms with Gasteiger partial charge in [0.05, 0.1) is 6.54 Å². The highest BCUT2D eigenvalue weighted by Gasteiger charge is 1.96. The SMILES string of the molecule is CCc1cc(C#CCNC(C)=O)ccc1N. The number of carbonyl (C=O) groups excluding carboxylic acids is 1. The molecule has 0 unspecified atom stereocenters. The molecular formula is C13H16N2O. The van der Waals surface area contributed by atoms with Crippen LogP contribution in [-0.4, -0.2) is 12.5 Å². The van der Waals surface area contributed by atoms with Gasteiger partial charge in [-0.1, -0.05) is 18.8 Å². The summed E-state index contributed by atoms with van der Waals surface area (Å²) in [4.78, 5) is 10.6. The van der Waals surface area contributed by atoms with E-state index in [4.69, 9.17) is 5.73 Å². The van der Waals surface area contributed by atoms with Crippen molar-refractivity contribution in [3.05, 3.63) is 29.3 Å². The van der Waals surface area contributed by atoms with Crippen molar-refractivity contribution in [1.82, 2.24) is 5.32 Å². The molecule has 0 saturated carbocycles. The highest BCUT2D eigenvalue weighted by atomic mass is 16.1. The van der Waals surface area contributed by atoms with Crippen LogP contribution in [0.2, 0.25) is 0 Å². The van der Waals surface area contributed by atoms with Crippen molar-refractivity contribution in [3.8, 4) is 11.8 Å². The smallest absolute Gasteiger partial charge is 0.217 e. The Morgan fingerprint density at radius 2 is 2.25 bits per heavy atom. The zero-order chi connectivity index (χ0) is 12.0. The monoisotopic (exact) mass is 216 g/mol. The van der Waals surface area contributed by atoms with Crippen LogP contribution in [0, 0.1) is 11.8 Å². The quantitative estimate of drug-likeness (QED) is 0.578. The summed E-state index contributed by atoms with van der Waals surface area (Å²) < 4.78 is 0. The molecule has 1 aromatic carbocycles. The summed E-state index contributed by atoms with van der Waals surface area (Å²) in [5.74, 6) is 5.79. The first kappa shape index (κ1) is 12.1. The van der Waals surface area contributed by atoms with E-state index in [9.17, 15) is 4.79 Å². The summed E-state index contributed by atoms with van der Waals surface area (Å²) in [6.07, 6.45) is 0.896. The lowest BCUT2D eigenvalue weighted by Crippen LogP contribution is -2.19. The van der Waals surface area contributed by atoms with Crippen molar-refractivity contribution in [2.45, 2.75) is 20.3 Å². The summed E-state index contributed by atoms with van der Waals surface area (Å²) in [5.41, 5.74) is 8.62. The number of rotatable bonds is 2. The molecule has 0 aliphatic rings. The van der Waals surface area contributed by atoms with Gasteiger partial charge in [0, 0.05) is 18.2 Å². The number of nitrogen functional groups attached to an aromatic ring is 1. The molecule has 0 spiro atoms. The summed E-state index contributed by atoms with van der Waals surface area (Å²) >= 11 is 0. The topological polar surface area (TPSA) is 55.1 Å². The molecule has 0 heterocycles. The van der Waals surface area contributed by atoms with E-state index in [2.05, 4.69) is 24.1 Å². The van der Waals surface area contributed by atoms with Gasteiger partial charge < -0.3 is 11.1 Å². The number of hydrogen-bond acceptors (Lipinski definition) is 2. The van der Waals surface area contributed by atoms with E-state index in [-0.39, 0.29) is 5.91 Å². The summed E-state index contributed by atoms with van der Waals surface area (Å²) in [6.45, 7) is 3.90. The molecule has 0 aliphatic carbocycles. The van der Waals surface area contributed by atoms with Crippen LogP contribution >= 0.6 is 0 Å². The molecule has 1 rings (SSSR count). The van der Waals surface area contributed by atoms with Gasteiger partial charge in [-0.15, -0.1) is 0 Å². The van der Waals surface area contributed by atoms with Crippen LogP contribution in [0.5, 0.6) is 0 Å². The van der Waals surface area contributed by atoms with Crippen LogP contribution in [0.25, 0.3) is 0 Å². The number of carbonyl (C=O) groups is 1. The third kappa shape index (κ3) is 3.66. The molecule has 16 heavy (non-hydrogen) atoms. The predicted molar refractivity (Wildman–Crippen MR) is 65.8 cm³/mol. The van der Waals surface area contributed by atoms with Gasteiger partial charge in [-0.05, 0) is 30.2 Å². The first-order chi connectivity index (χ1) is 7.63. The van der Waals surface area contributed by atoms with Gasteiger partial charge in [-0.25, -0.2) is 0 Å². The van der Waals surface area contributed by atoms with Crippen LogP contribution in [0.3, 0.4) is 0 Å². The molecule has 1 amide bonds. The Kier molecular flexibility index (Phi) is 4.41. The normalized spacial score (nSPS) is 9.12. The van der Waals surface area contributed by atoms with E-state index < -0.39 is 0 Å². The standard InChI is InChI=1S/C13H16N2O/c1-3-12-9-11(6-7-13(12)14)5-4-8-15-10(2)16/h6-7,9H,3,8,14H2,1-2H3,(H,15,16). The van der Waals surface area contributed by atoms with Crippen molar-refractivity contribution in [2.75, 3.05) is 12.3 Å². The fraction of sp³-hybridized carbons (Fsp3) is 0.308. The average molecular weight is 216 g/mol. The molecule has 3 N–H and O–H groups in total. The third-order valence-corrected chi connectivity index (χ3v) is 2.18. The predicted octanol–water partition coefficient (Wildman–Crippen LogP) is 1.32. The molecule has 3 nitrogen and oxygen atoms in total. The maximum Gasteiger partial charge on any atom is 0.217 e. The van der Waals surface area contributed by atoms with Crippen LogP contribution in [0.15, 0.2) is 18.2 Å². The minimum atomic E-state index is -0.0687. The Morgan fingerprint density at radius 1 is 1.50 bits per heavy atom. The van der Waals surface area contributed by atoms with E-state index in [1.54, 1.807) is 0 Å². The largest absolute Gasteiger partial charge is 0.399 e. The van der Waals surface area contributed by atoms with Crippen LogP contribution in [0.4, 0.5) is 5.69 Å². The van der Waals surface area contributed by atoms with E-state index in [1.165, 1.54) is 6.92 Å². The van der Waals surface area contributed by atoms with Gasteiger partial charge in [-0.2, -0.15) is 0 Å². The van der Waals surface area contributed by atoms with Gasteiger partial charge in [0.15, 0.2) is 0 Å². The Bertz CT molecular complexity index is 441. The lowest BCUT2D eigenvalue weighted by atomic mass is 10.1. The average Bonchev–Trinajstić information content (AvgIpc) is 2.26. The highest BCUT2D eigenvalue weighted by molar-refractivity contribution is 5.73. The van der Waals surface area contributed by atoms with Crippen LogP contribution in [-0.2, 0) is 11.2 Å². The van der Waals surface area contributed by atoms with Crippen molar-refractivity contribution < 1.29 is 4.79 Å². The fourth-order valence-corrected chi connectivity index (χ4v) is 1.30. The minimum absolute atomic E-state index is 0.0687. The van der Waals surface area contributed by atoms with Gasteiger partial charge >= 0.3 is 0 Å². The van der Waals surface area contributed by atoms with Gasteiger partial charge in [-0.3, -0.25) is 4.79 Å². The number of amides is 1. The fourth-order valence-electron chi connectivity index (χ4n) is 1.30. The van der Waals surface area contributed by atoms with E-state index >= 15 is 0 Å². The van der Waals surface area contributed by atoms with E-state index in [1.807, 2.05) is 18.2 Å². The molecule has 3 heteroatoms. The number of nitrogens with one attached hydrogen (secondary N) is 1.